The molecule has 0 radical (unpaired) electrons. The quantitative estimate of drug-likeness (QED) is 0.564. The number of fused-ring (bicyclic) bond motifs is 1. The Morgan fingerprint density at radius 3 is 2.37 bits per heavy atom. The van der Waals surface area contributed by atoms with Crippen LogP contribution in [0.3, 0.4) is 0 Å². The van der Waals surface area contributed by atoms with E-state index in [9.17, 15) is 0 Å². The maximum Gasteiger partial charge on any atom is 0.162 e. The minimum Gasteiger partial charge on any atom is -0.353 e. The van der Waals surface area contributed by atoms with E-state index in [1.54, 1.807) is 0 Å². The molecule has 1 aromatic heterocycles. The van der Waals surface area contributed by atoms with Crippen LogP contribution in [0.1, 0.15) is 52.5 Å². The summed E-state index contributed by atoms with van der Waals surface area (Å²) in [6.45, 7) is 10.1. The molecule has 1 fully saturated rings. The van der Waals surface area contributed by atoms with Gasteiger partial charge in [0.15, 0.2) is 5.82 Å². The number of rotatable bonds is 2. The van der Waals surface area contributed by atoms with E-state index in [2.05, 4.69) is 81.1 Å². The van der Waals surface area contributed by atoms with Crippen LogP contribution in [0.5, 0.6) is 0 Å². The summed E-state index contributed by atoms with van der Waals surface area (Å²) in [5.74, 6) is 1.91. The molecular weight excluding hydrogens is 330 g/mol. The highest BCUT2D eigenvalue weighted by Gasteiger charge is 2.23. The number of piperidine rings is 1. The molecule has 1 aliphatic heterocycles. The highest BCUT2D eigenvalue weighted by molar-refractivity contribution is 5.91. The average molecular weight is 360 g/mol. The Hall–Kier alpha value is -2.42. The van der Waals surface area contributed by atoms with Crippen LogP contribution in [-0.2, 0) is 5.41 Å². The predicted octanol–water partition coefficient (Wildman–Crippen LogP) is 5.97. The van der Waals surface area contributed by atoms with Crippen molar-refractivity contribution in [1.29, 1.82) is 0 Å². The second kappa shape index (κ2) is 6.95. The van der Waals surface area contributed by atoms with Crippen molar-refractivity contribution in [3.05, 3.63) is 54.1 Å². The molecule has 4 rings (SSSR count). The second-order valence-electron chi connectivity index (χ2n) is 8.75. The van der Waals surface area contributed by atoms with Gasteiger partial charge in [-0.05, 0) is 49.3 Å². The van der Waals surface area contributed by atoms with Gasteiger partial charge >= 0.3 is 0 Å². The van der Waals surface area contributed by atoms with E-state index >= 15 is 0 Å². The summed E-state index contributed by atoms with van der Waals surface area (Å²) in [6, 6.07) is 17.7. The van der Waals surface area contributed by atoms with Gasteiger partial charge in [0.25, 0.3) is 0 Å². The van der Waals surface area contributed by atoms with E-state index in [0.717, 1.165) is 34.7 Å². The molecule has 2 heterocycles. The van der Waals surface area contributed by atoms with Crippen molar-refractivity contribution in [1.82, 2.24) is 9.97 Å². The van der Waals surface area contributed by atoms with E-state index in [0.29, 0.717) is 6.04 Å². The highest BCUT2D eigenvalue weighted by Crippen LogP contribution is 2.32. The van der Waals surface area contributed by atoms with Gasteiger partial charge in [-0.1, -0.05) is 57.2 Å². The van der Waals surface area contributed by atoms with Crippen molar-refractivity contribution in [3.8, 4) is 11.4 Å². The molecule has 0 bridgehead atoms. The Labute approximate surface area is 162 Å². The maximum absolute atomic E-state index is 5.05. The van der Waals surface area contributed by atoms with Crippen molar-refractivity contribution in [3.63, 3.8) is 0 Å². The molecule has 0 aliphatic carbocycles. The standard InChI is InChI=1S/C24H29N3/c1-17-9-7-8-16-27(17)23-20-10-5-6-11-21(20)25-22(26-23)18-12-14-19(15-13-18)24(2,3)4/h5-6,10-15,17H,7-9,16H2,1-4H3. The molecule has 3 aromatic rings. The molecule has 0 N–H and O–H groups in total. The first-order valence-corrected chi connectivity index (χ1v) is 10.1. The fraction of sp³-hybridized carbons (Fsp3) is 0.417. The summed E-state index contributed by atoms with van der Waals surface area (Å²) >= 11 is 0. The number of aromatic nitrogens is 2. The molecule has 1 unspecified atom stereocenters. The third-order valence-electron chi connectivity index (χ3n) is 5.67. The minimum atomic E-state index is 0.150. The van der Waals surface area contributed by atoms with Crippen LogP contribution in [0, 0.1) is 0 Å². The van der Waals surface area contributed by atoms with E-state index < -0.39 is 0 Å². The van der Waals surface area contributed by atoms with Gasteiger partial charge < -0.3 is 4.90 Å². The van der Waals surface area contributed by atoms with Crippen LogP contribution in [0.25, 0.3) is 22.3 Å². The third kappa shape index (κ3) is 3.55. The zero-order chi connectivity index (χ0) is 19.0. The topological polar surface area (TPSA) is 29.0 Å². The Kier molecular flexibility index (Phi) is 4.63. The molecule has 1 aliphatic rings. The monoisotopic (exact) mass is 359 g/mol. The lowest BCUT2D eigenvalue weighted by Gasteiger charge is -2.35. The second-order valence-corrected chi connectivity index (χ2v) is 8.75. The zero-order valence-corrected chi connectivity index (χ0v) is 16.9. The van der Waals surface area contributed by atoms with Crippen molar-refractivity contribution >= 4 is 16.7 Å². The Morgan fingerprint density at radius 1 is 0.926 bits per heavy atom. The van der Waals surface area contributed by atoms with Gasteiger partial charge in [0.1, 0.15) is 5.82 Å². The number of para-hydroxylation sites is 1. The molecular formula is C24H29N3. The lowest BCUT2D eigenvalue weighted by atomic mass is 9.86. The predicted molar refractivity (Wildman–Crippen MR) is 114 cm³/mol. The summed E-state index contributed by atoms with van der Waals surface area (Å²) < 4.78 is 0. The first kappa shape index (κ1) is 18.0. The van der Waals surface area contributed by atoms with Gasteiger partial charge in [0, 0.05) is 23.5 Å². The van der Waals surface area contributed by atoms with E-state index in [-0.39, 0.29) is 5.41 Å². The van der Waals surface area contributed by atoms with Gasteiger partial charge in [-0.2, -0.15) is 0 Å². The van der Waals surface area contributed by atoms with Crippen LogP contribution in [0.15, 0.2) is 48.5 Å². The van der Waals surface area contributed by atoms with E-state index in [1.807, 2.05) is 0 Å². The lowest BCUT2D eigenvalue weighted by Crippen LogP contribution is -2.38. The van der Waals surface area contributed by atoms with Crippen LogP contribution >= 0.6 is 0 Å². The SMILES string of the molecule is CC1CCCCN1c1nc(-c2ccc(C(C)(C)C)cc2)nc2ccccc12. The van der Waals surface area contributed by atoms with Crippen LogP contribution in [0.2, 0.25) is 0 Å². The van der Waals surface area contributed by atoms with Gasteiger partial charge in [0.05, 0.1) is 5.52 Å². The summed E-state index contributed by atoms with van der Waals surface area (Å²) in [5.41, 5.74) is 3.59. The maximum atomic E-state index is 5.05. The summed E-state index contributed by atoms with van der Waals surface area (Å²) in [5, 5.41) is 1.15. The summed E-state index contributed by atoms with van der Waals surface area (Å²) in [7, 11) is 0. The van der Waals surface area contributed by atoms with E-state index in [4.69, 9.17) is 9.97 Å². The van der Waals surface area contributed by atoms with Crippen LogP contribution in [-0.4, -0.2) is 22.6 Å². The van der Waals surface area contributed by atoms with Gasteiger partial charge in [-0.3, -0.25) is 0 Å². The minimum absolute atomic E-state index is 0.150. The molecule has 140 valence electrons. The van der Waals surface area contributed by atoms with Gasteiger partial charge in [0.2, 0.25) is 0 Å². The van der Waals surface area contributed by atoms with Crippen molar-refractivity contribution in [2.75, 3.05) is 11.4 Å². The first-order valence-electron chi connectivity index (χ1n) is 10.1. The smallest absolute Gasteiger partial charge is 0.162 e. The fourth-order valence-corrected chi connectivity index (χ4v) is 3.94. The molecule has 3 heteroatoms. The van der Waals surface area contributed by atoms with Gasteiger partial charge in [-0.25, -0.2) is 9.97 Å². The Morgan fingerprint density at radius 2 is 1.67 bits per heavy atom. The number of benzene rings is 2. The zero-order valence-electron chi connectivity index (χ0n) is 16.9. The number of nitrogens with zero attached hydrogens (tertiary/aromatic N) is 3. The molecule has 27 heavy (non-hydrogen) atoms. The fourth-order valence-electron chi connectivity index (χ4n) is 3.94. The van der Waals surface area contributed by atoms with E-state index in [1.165, 1.54) is 24.8 Å². The van der Waals surface area contributed by atoms with Crippen molar-refractivity contribution < 1.29 is 0 Å². The van der Waals surface area contributed by atoms with Gasteiger partial charge in [-0.15, -0.1) is 0 Å². The lowest BCUT2D eigenvalue weighted by molar-refractivity contribution is 0.482. The first-order chi connectivity index (χ1) is 12.9. The molecule has 0 amide bonds. The molecule has 3 nitrogen and oxygen atoms in total. The van der Waals surface area contributed by atoms with Crippen molar-refractivity contribution in [2.24, 2.45) is 0 Å². The number of anilines is 1. The highest BCUT2D eigenvalue weighted by atomic mass is 15.2. The largest absolute Gasteiger partial charge is 0.353 e. The summed E-state index contributed by atoms with van der Waals surface area (Å²) in [6.07, 6.45) is 3.77. The van der Waals surface area contributed by atoms with Crippen LogP contribution < -0.4 is 4.90 Å². The number of hydrogen-bond donors (Lipinski definition) is 0. The molecule has 1 atom stereocenters. The van der Waals surface area contributed by atoms with Crippen molar-refractivity contribution in [2.45, 2.75) is 58.4 Å². The van der Waals surface area contributed by atoms with Crippen LogP contribution in [0.4, 0.5) is 5.82 Å². The number of hydrogen-bond acceptors (Lipinski definition) is 3. The molecule has 0 saturated carbocycles. The Bertz CT molecular complexity index is 938. The molecule has 2 aromatic carbocycles. The summed E-state index contributed by atoms with van der Waals surface area (Å²) in [4.78, 5) is 12.4. The Balaban J connectivity index is 1.82. The third-order valence-corrected chi connectivity index (χ3v) is 5.67. The molecule has 0 spiro atoms. The molecule has 1 saturated heterocycles. The average Bonchev–Trinajstić information content (AvgIpc) is 2.67. The normalized spacial score (nSPS) is 18.1.